The molecule has 5 nitrogen and oxygen atoms in total. The summed E-state index contributed by atoms with van der Waals surface area (Å²) in [6.07, 6.45) is 0. The number of ether oxygens (including phenoxy) is 1. The van der Waals surface area contributed by atoms with Gasteiger partial charge in [0.25, 0.3) is 0 Å². The average Bonchev–Trinajstić information content (AvgIpc) is 2.90. The maximum absolute atomic E-state index is 14.0. The van der Waals surface area contributed by atoms with Crippen LogP contribution < -0.4 is 0 Å². The summed E-state index contributed by atoms with van der Waals surface area (Å²) in [5.74, 6) is -1.10. The van der Waals surface area contributed by atoms with E-state index >= 15 is 0 Å². The number of rotatable bonds is 6. The molecule has 0 fully saturated rings. The van der Waals surface area contributed by atoms with Crippen LogP contribution >= 0.6 is 11.6 Å². The molecule has 0 amide bonds. The second kappa shape index (κ2) is 8.01. The van der Waals surface area contributed by atoms with Crippen molar-refractivity contribution in [3.05, 3.63) is 57.1 Å². The van der Waals surface area contributed by atoms with E-state index in [1.165, 1.54) is 19.2 Å². The lowest BCUT2D eigenvalue weighted by molar-refractivity contribution is 0.0599. The number of hydrogen-bond donors (Lipinski definition) is 1. The fourth-order valence-corrected chi connectivity index (χ4v) is 3.11. The van der Waals surface area contributed by atoms with Gasteiger partial charge in [0, 0.05) is 22.8 Å². The molecular formula is C19H22ClFN2O3. The predicted molar refractivity (Wildman–Crippen MR) is 98.3 cm³/mol. The summed E-state index contributed by atoms with van der Waals surface area (Å²) < 4.78 is 18.8. The van der Waals surface area contributed by atoms with Crippen LogP contribution in [0.15, 0.2) is 18.2 Å². The summed E-state index contributed by atoms with van der Waals surface area (Å²) in [7, 11) is 3.02. The van der Waals surface area contributed by atoms with Crippen molar-refractivity contribution >= 4 is 23.4 Å². The minimum absolute atomic E-state index is 0.182. The number of carbonyl (C=O) groups is 2. The van der Waals surface area contributed by atoms with Gasteiger partial charge in [0.05, 0.1) is 24.4 Å². The van der Waals surface area contributed by atoms with Gasteiger partial charge in [0.2, 0.25) is 0 Å². The van der Waals surface area contributed by atoms with Crippen molar-refractivity contribution in [3.8, 4) is 0 Å². The summed E-state index contributed by atoms with van der Waals surface area (Å²) in [5, 5.41) is 0.316. The highest BCUT2D eigenvalue weighted by molar-refractivity contribution is 6.31. The molecule has 0 saturated carbocycles. The van der Waals surface area contributed by atoms with E-state index in [-0.39, 0.29) is 12.3 Å². The topological polar surface area (TPSA) is 62.4 Å². The third-order valence-corrected chi connectivity index (χ3v) is 4.94. The van der Waals surface area contributed by atoms with Gasteiger partial charge in [-0.05, 0) is 45.5 Å². The lowest BCUT2D eigenvalue weighted by Gasteiger charge is -2.24. The lowest BCUT2D eigenvalue weighted by atomic mass is 10.0. The first-order valence-electron chi connectivity index (χ1n) is 8.13. The highest BCUT2D eigenvalue weighted by Gasteiger charge is 2.27. The summed E-state index contributed by atoms with van der Waals surface area (Å²) in [5.41, 5.74) is 2.17. The Hall–Kier alpha value is -2.18. The zero-order valence-corrected chi connectivity index (χ0v) is 16.2. The van der Waals surface area contributed by atoms with Crippen LogP contribution in [0.25, 0.3) is 0 Å². The minimum Gasteiger partial charge on any atom is -0.465 e. The number of carbonyl (C=O) groups excluding carboxylic acids is 2. The maximum Gasteiger partial charge on any atom is 0.339 e. The van der Waals surface area contributed by atoms with Gasteiger partial charge in [-0.2, -0.15) is 0 Å². The number of esters is 1. The number of aryl methyl sites for hydroxylation is 1. The number of nitrogens with zero attached hydrogens (tertiary/aromatic N) is 1. The van der Waals surface area contributed by atoms with Crippen LogP contribution in [-0.4, -0.2) is 41.8 Å². The number of ketones is 1. The van der Waals surface area contributed by atoms with Crippen LogP contribution in [0.2, 0.25) is 5.02 Å². The van der Waals surface area contributed by atoms with Crippen LogP contribution in [0.5, 0.6) is 0 Å². The average molecular weight is 381 g/mol. The molecule has 1 atom stereocenters. The van der Waals surface area contributed by atoms with Crippen LogP contribution in [-0.2, 0) is 11.3 Å². The van der Waals surface area contributed by atoms with Crippen LogP contribution in [0.3, 0.4) is 0 Å². The zero-order chi connectivity index (χ0) is 19.6. The number of nitrogens with one attached hydrogen (secondary N) is 1. The van der Waals surface area contributed by atoms with Crippen molar-refractivity contribution in [2.45, 2.75) is 33.4 Å². The molecule has 0 aliphatic carbocycles. The van der Waals surface area contributed by atoms with Gasteiger partial charge in [-0.1, -0.05) is 17.7 Å². The molecule has 0 radical (unpaired) electrons. The Morgan fingerprint density at radius 3 is 2.58 bits per heavy atom. The summed E-state index contributed by atoms with van der Waals surface area (Å²) in [6.45, 7) is 5.32. The largest absolute Gasteiger partial charge is 0.465 e. The first-order chi connectivity index (χ1) is 12.2. The number of methoxy groups -OCH3 is 1. The van der Waals surface area contributed by atoms with Crippen molar-refractivity contribution in [1.82, 2.24) is 9.88 Å². The second-order valence-electron chi connectivity index (χ2n) is 6.27. The smallest absolute Gasteiger partial charge is 0.339 e. The van der Waals surface area contributed by atoms with Gasteiger partial charge < -0.3 is 9.72 Å². The molecular weight excluding hydrogens is 359 g/mol. The van der Waals surface area contributed by atoms with Crippen molar-refractivity contribution in [2.24, 2.45) is 0 Å². The number of benzene rings is 1. The monoisotopic (exact) mass is 380 g/mol. The minimum atomic E-state index is -0.548. The van der Waals surface area contributed by atoms with Gasteiger partial charge in [-0.3, -0.25) is 9.69 Å². The lowest BCUT2D eigenvalue weighted by Crippen LogP contribution is -2.36. The summed E-state index contributed by atoms with van der Waals surface area (Å²) in [4.78, 5) is 29.5. The van der Waals surface area contributed by atoms with E-state index in [9.17, 15) is 14.0 Å². The van der Waals surface area contributed by atoms with E-state index in [1.54, 1.807) is 38.8 Å². The Balaban J connectivity index is 2.26. The molecule has 140 valence electrons. The van der Waals surface area contributed by atoms with E-state index in [0.717, 1.165) is 0 Å². The summed E-state index contributed by atoms with van der Waals surface area (Å²) in [6, 6.07) is 3.94. The number of H-pyrrole nitrogens is 1. The predicted octanol–water partition coefficient (Wildman–Crippen LogP) is 3.91. The Morgan fingerprint density at radius 1 is 1.35 bits per heavy atom. The number of aromatic amines is 1. The van der Waals surface area contributed by atoms with E-state index in [1.807, 2.05) is 0 Å². The molecule has 1 N–H and O–H groups in total. The van der Waals surface area contributed by atoms with Crippen LogP contribution in [0.4, 0.5) is 4.39 Å². The fraction of sp³-hybridized carbons (Fsp3) is 0.368. The quantitative estimate of drug-likeness (QED) is 0.609. The van der Waals surface area contributed by atoms with E-state index in [4.69, 9.17) is 16.3 Å². The molecule has 2 rings (SSSR count). The number of Topliss-reactive ketones (excluding diaryl/α,β-unsaturated/α-hetero) is 1. The van der Waals surface area contributed by atoms with E-state index in [2.05, 4.69) is 4.98 Å². The fourth-order valence-electron chi connectivity index (χ4n) is 2.88. The molecule has 26 heavy (non-hydrogen) atoms. The highest BCUT2D eigenvalue weighted by atomic mass is 35.5. The molecule has 0 bridgehead atoms. The Labute approximate surface area is 157 Å². The number of hydrogen-bond acceptors (Lipinski definition) is 4. The van der Waals surface area contributed by atoms with Crippen molar-refractivity contribution in [1.29, 1.82) is 0 Å². The van der Waals surface area contributed by atoms with E-state index < -0.39 is 17.8 Å². The van der Waals surface area contributed by atoms with Gasteiger partial charge in [0.15, 0.2) is 5.78 Å². The molecule has 0 aliphatic rings. The normalized spacial score (nSPS) is 12.3. The summed E-state index contributed by atoms with van der Waals surface area (Å²) >= 11 is 6.07. The standard InChI is InChI=1S/C19H22ClFN2O3/c1-10-16(19(25)26-5)11(2)22-17(10)18(24)12(3)23(4)9-13-14(20)7-6-8-15(13)21/h6-8,12,22H,9H2,1-5H3/t12-/m0/s1. The Kier molecular flexibility index (Phi) is 6.21. The molecule has 1 aromatic carbocycles. The van der Waals surface area contributed by atoms with Crippen LogP contribution in [0, 0.1) is 19.7 Å². The SMILES string of the molecule is COC(=O)c1c(C)[nH]c(C(=O)[C@H](C)N(C)Cc2c(F)cccc2Cl)c1C. The second-order valence-corrected chi connectivity index (χ2v) is 6.68. The van der Waals surface area contributed by atoms with Crippen molar-refractivity contribution < 1.29 is 18.7 Å². The van der Waals surface area contributed by atoms with Crippen molar-refractivity contribution in [3.63, 3.8) is 0 Å². The zero-order valence-electron chi connectivity index (χ0n) is 15.4. The van der Waals surface area contributed by atoms with Gasteiger partial charge in [-0.25, -0.2) is 9.18 Å². The molecule has 2 aromatic rings. The first kappa shape index (κ1) is 20.1. The molecule has 1 heterocycles. The molecule has 0 unspecified atom stereocenters. The third-order valence-electron chi connectivity index (χ3n) is 4.58. The third kappa shape index (κ3) is 3.81. The molecule has 0 aliphatic heterocycles. The van der Waals surface area contributed by atoms with Gasteiger partial charge >= 0.3 is 5.97 Å². The molecule has 0 saturated heterocycles. The Bertz CT molecular complexity index is 827. The molecule has 0 spiro atoms. The molecule has 7 heteroatoms. The van der Waals surface area contributed by atoms with Crippen molar-refractivity contribution in [2.75, 3.05) is 14.2 Å². The first-order valence-corrected chi connectivity index (χ1v) is 8.51. The van der Waals surface area contributed by atoms with Gasteiger partial charge in [-0.15, -0.1) is 0 Å². The Morgan fingerprint density at radius 2 is 2.00 bits per heavy atom. The highest BCUT2D eigenvalue weighted by Crippen LogP contribution is 2.24. The number of halogens is 2. The molecule has 1 aromatic heterocycles. The van der Waals surface area contributed by atoms with Crippen LogP contribution in [0.1, 0.15) is 44.6 Å². The van der Waals surface area contributed by atoms with Gasteiger partial charge in [0.1, 0.15) is 5.82 Å². The number of aromatic nitrogens is 1. The number of likely N-dealkylation sites (N-methyl/N-ethyl adjacent to an activating group) is 1. The van der Waals surface area contributed by atoms with E-state index in [0.29, 0.717) is 33.1 Å². The maximum atomic E-state index is 14.0.